The standard InChI is InChI=1S/C15H24N4O/c1-2-17-15(20)14-8-13(6-7-18-14)19-10-12-5-3-4-11(12)9-16/h6-8,11-12H,2-5,9-10,16H2,1H3,(H,17,20)(H,18,19). The maximum atomic E-state index is 11.7. The van der Waals surface area contributed by atoms with Gasteiger partial charge in [0.25, 0.3) is 5.91 Å². The van der Waals surface area contributed by atoms with Crippen LogP contribution in [0.4, 0.5) is 5.69 Å². The van der Waals surface area contributed by atoms with Crippen LogP contribution in [0.2, 0.25) is 0 Å². The zero-order chi connectivity index (χ0) is 14.4. The molecule has 4 N–H and O–H groups in total. The van der Waals surface area contributed by atoms with E-state index < -0.39 is 0 Å². The number of rotatable bonds is 6. The normalized spacial score (nSPS) is 21.7. The lowest BCUT2D eigenvalue weighted by Gasteiger charge is -2.19. The number of nitrogens with zero attached hydrogens (tertiary/aromatic N) is 1. The summed E-state index contributed by atoms with van der Waals surface area (Å²) in [5.74, 6) is 1.14. The lowest BCUT2D eigenvalue weighted by atomic mass is 9.96. The van der Waals surface area contributed by atoms with Gasteiger partial charge in [0.1, 0.15) is 5.69 Å². The molecule has 1 aliphatic carbocycles. The Morgan fingerprint density at radius 1 is 1.45 bits per heavy atom. The van der Waals surface area contributed by atoms with E-state index in [2.05, 4.69) is 15.6 Å². The van der Waals surface area contributed by atoms with Gasteiger partial charge in [0.2, 0.25) is 0 Å². The second-order valence-corrected chi connectivity index (χ2v) is 5.36. The van der Waals surface area contributed by atoms with Gasteiger partial charge in [-0.3, -0.25) is 9.78 Å². The van der Waals surface area contributed by atoms with Gasteiger partial charge >= 0.3 is 0 Å². The Labute approximate surface area is 120 Å². The molecule has 0 spiro atoms. The number of pyridine rings is 1. The largest absolute Gasteiger partial charge is 0.385 e. The van der Waals surface area contributed by atoms with Crippen molar-refractivity contribution >= 4 is 11.6 Å². The summed E-state index contributed by atoms with van der Waals surface area (Å²) in [5, 5.41) is 6.17. The average molecular weight is 276 g/mol. The molecule has 0 aliphatic heterocycles. The Morgan fingerprint density at radius 3 is 3.00 bits per heavy atom. The van der Waals surface area contributed by atoms with Gasteiger partial charge < -0.3 is 16.4 Å². The first-order valence-corrected chi connectivity index (χ1v) is 7.42. The second-order valence-electron chi connectivity index (χ2n) is 5.36. The molecule has 2 unspecified atom stereocenters. The average Bonchev–Trinajstić information content (AvgIpc) is 2.93. The molecule has 0 bridgehead atoms. The molecule has 5 nitrogen and oxygen atoms in total. The molecule has 0 aromatic carbocycles. The third kappa shape index (κ3) is 3.70. The summed E-state index contributed by atoms with van der Waals surface area (Å²) in [6.07, 6.45) is 5.42. The van der Waals surface area contributed by atoms with Crippen molar-refractivity contribution in [2.45, 2.75) is 26.2 Å². The Bertz CT molecular complexity index is 449. The lowest BCUT2D eigenvalue weighted by molar-refractivity contribution is 0.0951. The molecule has 1 heterocycles. The minimum atomic E-state index is -0.128. The van der Waals surface area contributed by atoms with Crippen molar-refractivity contribution in [3.05, 3.63) is 24.0 Å². The number of nitrogens with one attached hydrogen (secondary N) is 2. The third-order valence-electron chi connectivity index (χ3n) is 4.02. The van der Waals surface area contributed by atoms with Crippen LogP contribution in [0.15, 0.2) is 18.3 Å². The Kier molecular flexibility index (Phi) is 5.35. The summed E-state index contributed by atoms with van der Waals surface area (Å²) < 4.78 is 0. The van der Waals surface area contributed by atoms with Crippen LogP contribution in [-0.4, -0.2) is 30.5 Å². The van der Waals surface area contributed by atoms with Crippen LogP contribution in [0.5, 0.6) is 0 Å². The van der Waals surface area contributed by atoms with Crippen LogP contribution in [-0.2, 0) is 0 Å². The van der Waals surface area contributed by atoms with Crippen molar-refractivity contribution in [2.24, 2.45) is 17.6 Å². The molecule has 1 amide bonds. The van der Waals surface area contributed by atoms with E-state index in [1.165, 1.54) is 19.3 Å². The van der Waals surface area contributed by atoms with Gasteiger partial charge in [-0.15, -0.1) is 0 Å². The van der Waals surface area contributed by atoms with Crippen molar-refractivity contribution in [1.82, 2.24) is 10.3 Å². The van der Waals surface area contributed by atoms with Crippen LogP contribution < -0.4 is 16.4 Å². The topological polar surface area (TPSA) is 80.0 Å². The molecule has 1 aromatic rings. The summed E-state index contributed by atoms with van der Waals surface area (Å²) in [4.78, 5) is 15.8. The molecule has 2 rings (SSSR count). The third-order valence-corrected chi connectivity index (χ3v) is 4.02. The Morgan fingerprint density at radius 2 is 2.25 bits per heavy atom. The van der Waals surface area contributed by atoms with Gasteiger partial charge in [-0.2, -0.15) is 0 Å². The number of amides is 1. The van der Waals surface area contributed by atoms with Gasteiger partial charge in [0.05, 0.1) is 0 Å². The minimum absolute atomic E-state index is 0.128. The number of carbonyl (C=O) groups excluding carboxylic acids is 1. The van der Waals surface area contributed by atoms with Crippen LogP contribution >= 0.6 is 0 Å². The Hall–Kier alpha value is -1.62. The molecular weight excluding hydrogens is 252 g/mol. The van der Waals surface area contributed by atoms with E-state index in [1.807, 2.05) is 13.0 Å². The number of anilines is 1. The fraction of sp³-hybridized carbons (Fsp3) is 0.600. The van der Waals surface area contributed by atoms with Gasteiger partial charge in [-0.1, -0.05) is 6.42 Å². The SMILES string of the molecule is CCNC(=O)c1cc(NCC2CCCC2CN)ccn1. The fourth-order valence-corrected chi connectivity index (χ4v) is 2.86. The number of aromatic nitrogens is 1. The highest BCUT2D eigenvalue weighted by Crippen LogP contribution is 2.30. The molecule has 20 heavy (non-hydrogen) atoms. The lowest BCUT2D eigenvalue weighted by Crippen LogP contribution is -2.25. The summed E-state index contributed by atoms with van der Waals surface area (Å²) in [5.41, 5.74) is 7.20. The van der Waals surface area contributed by atoms with Gasteiger partial charge in [0.15, 0.2) is 0 Å². The predicted octanol–water partition coefficient (Wildman–Crippen LogP) is 1.62. The van der Waals surface area contributed by atoms with Crippen LogP contribution in [0.1, 0.15) is 36.7 Å². The van der Waals surface area contributed by atoms with Crippen molar-refractivity contribution in [1.29, 1.82) is 0 Å². The van der Waals surface area contributed by atoms with Gasteiger partial charge in [0, 0.05) is 25.0 Å². The molecule has 2 atom stereocenters. The number of hydrogen-bond donors (Lipinski definition) is 3. The van der Waals surface area contributed by atoms with Crippen molar-refractivity contribution in [3.63, 3.8) is 0 Å². The zero-order valence-corrected chi connectivity index (χ0v) is 12.1. The maximum absolute atomic E-state index is 11.7. The van der Waals surface area contributed by atoms with Crippen molar-refractivity contribution < 1.29 is 4.79 Å². The quantitative estimate of drug-likeness (QED) is 0.737. The molecule has 1 aromatic heterocycles. The number of hydrogen-bond acceptors (Lipinski definition) is 4. The first-order valence-electron chi connectivity index (χ1n) is 7.42. The van der Waals surface area contributed by atoms with Gasteiger partial charge in [-0.05, 0) is 50.3 Å². The molecular formula is C15H24N4O. The second kappa shape index (κ2) is 7.24. The smallest absolute Gasteiger partial charge is 0.269 e. The van der Waals surface area contributed by atoms with E-state index in [9.17, 15) is 4.79 Å². The first-order chi connectivity index (χ1) is 9.74. The van der Waals surface area contributed by atoms with E-state index in [-0.39, 0.29) is 5.91 Å². The summed E-state index contributed by atoms with van der Waals surface area (Å²) >= 11 is 0. The van der Waals surface area contributed by atoms with E-state index in [0.717, 1.165) is 18.8 Å². The Balaban J connectivity index is 1.93. The monoisotopic (exact) mass is 276 g/mol. The molecule has 0 saturated heterocycles. The summed E-state index contributed by atoms with van der Waals surface area (Å²) in [7, 11) is 0. The van der Waals surface area contributed by atoms with Crippen molar-refractivity contribution in [3.8, 4) is 0 Å². The zero-order valence-electron chi connectivity index (χ0n) is 12.1. The fourth-order valence-electron chi connectivity index (χ4n) is 2.86. The number of carbonyl (C=O) groups is 1. The maximum Gasteiger partial charge on any atom is 0.269 e. The molecule has 0 radical (unpaired) electrons. The highest BCUT2D eigenvalue weighted by atomic mass is 16.1. The number of nitrogens with two attached hydrogens (primary N) is 1. The van der Waals surface area contributed by atoms with Gasteiger partial charge in [-0.25, -0.2) is 0 Å². The highest BCUT2D eigenvalue weighted by molar-refractivity contribution is 5.93. The van der Waals surface area contributed by atoms with E-state index in [4.69, 9.17) is 5.73 Å². The van der Waals surface area contributed by atoms with Crippen LogP contribution in [0.3, 0.4) is 0 Å². The summed E-state index contributed by atoms with van der Waals surface area (Å²) in [6.45, 7) is 4.19. The molecule has 5 heteroatoms. The van der Waals surface area contributed by atoms with E-state index in [0.29, 0.717) is 24.1 Å². The van der Waals surface area contributed by atoms with E-state index in [1.54, 1.807) is 12.3 Å². The predicted molar refractivity (Wildman–Crippen MR) is 80.6 cm³/mol. The summed E-state index contributed by atoms with van der Waals surface area (Å²) in [6, 6.07) is 3.70. The first kappa shape index (κ1) is 14.8. The molecule has 1 saturated carbocycles. The highest BCUT2D eigenvalue weighted by Gasteiger charge is 2.25. The van der Waals surface area contributed by atoms with Crippen molar-refractivity contribution in [2.75, 3.05) is 25.0 Å². The molecule has 110 valence electrons. The van der Waals surface area contributed by atoms with E-state index >= 15 is 0 Å². The minimum Gasteiger partial charge on any atom is -0.385 e. The molecule has 1 fully saturated rings. The molecule has 1 aliphatic rings. The van der Waals surface area contributed by atoms with Crippen LogP contribution in [0.25, 0.3) is 0 Å². The van der Waals surface area contributed by atoms with Crippen LogP contribution in [0, 0.1) is 11.8 Å².